The van der Waals surface area contributed by atoms with E-state index in [0.29, 0.717) is 0 Å². The van der Waals surface area contributed by atoms with Crippen LogP contribution in [0.15, 0.2) is 18.2 Å². The Hall–Kier alpha value is -0.290. The first kappa shape index (κ1) is 11.8. The minimum atomic E-state index is -0.160. The largest absolute Gasteiger partial charge is 0.325 e. The van der Waals surface area contributed by atoms with Crippen molar-refractivity contribution in [1.29, 1.82) is 0 Å². The van der Waals surface area contributed by atoms with Gasteiger partial charge in [0.15, 0.2) is 0 Å². The number of amides is 1. The van der Waals surface area contributed by atoms with Crippen LogP contribution >= 0.6 is 34.2 Å². The van der Waals surface area contributed by atoms with E-state index in [9.17, 15) is 4.79 Å². The quantitative estimate of drug-likeness (QED) is 0.672. The fourth-order valence-electron chi connectivity index (χ4n) is 1.19. The third-order valence-corrected chi connectivity index (χ3v) is 2.95. The molecular formula is C10H11ClINO. The molecule has 0 aliphatic heterocycles. The maximum atomic E-state index is 11.2. The second-order valence-electron chi connectivity index (χ2n) is 2.92. The number of benzene rings is 1. The highest BCUT2D eigenvalue weighted by molar-refractivity contribution is 14.1. The van der Waals surface area contributed by atoms with Gasteiger partial charge >= 0.3 is 0 Å². The minimum Gasteiger partial charge on any atom is -0.325 e. The smallest absolute Gasteiger partial charge is 0.239 e. The van der Waals surface area contributed by atoms with Gasteiger partial charge < -0.3 is 5.32 Å². The summed E-state index contributed by atoms with van der Waals surface area (Å²) in [7, 11) is 0. The molecule has 0 spiro atoms. The lowest BCUT2D eigenvalue weighted by molar-refractivity contribution is -0.113. The van der Waals surface area contributed by atoms with Crippen LogP contribution in [0.25, 0.3) is 0 Å². The SMILES string of the molecule is Cc1cccc(CI)c1NC(=O)CCl. The molecule has 0 saturated carbocycles. The molecule has 0 heterocycles. The van der Waals surface area contributed by atoms with Crippen LogP contribution in [-0.4, -0.2) is 11.8 Å². The van der Waals surface area contributed by atoms with Gasteiger partial charge in [-0.05, 0) is 18.1 Å². The van der Waals surface area contributed by atoms with Gasteiger partial charge in [-0.15, -0.1) is 11.6 Å². The lowest BCUT2D eigenvalue weighted by Crippen LogP contribution is -2.14. The number of carbonyl (C=O) groups excluding carboxylic acids is 1. The van der Waals surface area contributed by atoms with Crippen LogP contribution in [0.2, 0.25) is 0 Å². The Morgan fingerprint density at radius 3 is 2.86 bits per heavy atom. The van der Waals surface area contributed by atoms with Gasteiger partial charge in [-0.25, -0.2) is 0 Å². The molecule has 0 aliphatic rings. The average Bonchev–Trinajstić information content (AvgIpc) is 2.20. The highest BCUT2D eigenvalue weighted by atomic mass is 127. The summed E-state index contributed by atoms with van der Waals surface area (Å²) in [6.07, 6.45) is 0. The van der Waals surface area contributed by atoms with Crippen LogP contribution in [0.5, 0.6) is 0 Å². The van der Waals surface area contributed by atoms with Crippen molar-refractivity contribution in [2.75, 3.05) is 11.2 Å². The van der Waals surface area contributed by atoms with Gasteiger partial charge in [0, 0.05) is 10.1 Å². The molecule has 1 amide bonds. The summed E-state index contributed by atoms with van der Waals surface area (Å²) in [6, 6.07) is 5.96. The van der Waals surface area contributed by atoms with E-state index in [1.807, 2.05) is 25.1 Å². The lowest BCUT2D eigenvalue weighted by Gasteiger charge is -2.11. The van der Waals surface area contributed by atoms with Crippen molar-refractivity contribution >= 4 is 45.8 Å². The predicted molar refractivity (Wildman–Crippen MR) is 68.3 cm³/mol. The summed E-state index contributed by atoms with van der Waals surface area (Å²) >= 11 is 7.71. The fourth-order valence-corrected chi connectivity index (χ4v) is 1.89. The number of rotatable bonds is 3. The number of nitrogens with one attached hydrogen (secondary N) is 1. The van der Waals surface area contributed by atoms with Crippen molar-refractivity contribution in [2.24, 2.45) is 0 Å². The Morgan fingerprint density at radius 2 is 2.29 bits per heavy atom. The van der Waals surface area contributed by atoms with Crippen LogP contribution in [0.4, 0.5) is 5.69 Å². The molecule has 1 aromatic carbocycles. The van der Waals surface area contributed by atoms with Gasteiger partial charge in [-0.3, -0.25) is 4.79 Å². The molecular weight excluding hydrogens is 312 g/mol. The molecule has 0 aliphatic carbocycles. The molecule has 0 saturated heterocycles. The molecule has 1 rings (SSSR count). The zero-order valence-corrected chi connectivity index (χ0v) is 10.7. The van der Waals surface area contributed by atoms with Gasteiger partial charge in [0.1, 0.15) is 5.88 Å². The monoisotopic (exact) mass is 323 g/mol. The normalized spacial score (nSPS) is 9.93. The van der Waals surface area contributed by atoms with E-state index >= 15 is 0 Å². The molecule has 0 unspecified atom stereocenters. The highest BCUT2D eigenvalue weighted by Gasteiger charge is 2.07. The van der Waals surface area contributed by atoms with E-state index in [4.69, 9.17) is 11.6 Å². The van der Waals surface area contributed by atoms with Crippen molar-refractivity contribution < 1.29 is 4.79 Å². The minimum absolute atomic E-state index is 0.00494. The second kappa shape index (κ2) is 5.56. The molecule has 0 aromatic heterocycles. The van der Waals surface area contributed by atoms with E-state index in [1.165, 1.54) is 0 Å². The van der Waals surface area contributed by atoms with Crippen molar-refractivity contribution in [3.05, 3.63) is 29.3 Å². The first-order valence-electron chi connectivity index (χ1n) is 4.19. The second-order valence-corrected chi connectivity index (χ2v) is 3.95. The number of halogens is 2. The Kier molecular flexibility index (Phi) is 4.68. The first-order valence-corrected chi connectivity index (χ1v) is 6.25. The van der Waals surface area contributed by atoms with Gasteiger partial charge in [-0.1, -0.05) is 40.8 Å². The maximum Gasteiger partial charge on any atom is 0.239 e. The number of carbonyl (C=O) groups is 1. The topological polar surface area (TPSA) is 29.1 Å². The summed E-state index contributed by atoms with van der Waals surface area (Å²) in [4.78, 5) is 11.2. The Labute approximate surface area is 102 Å². The van der Waals surface area contributed by atoms with E-state index in [-0.39, 0.29) is 11.8 Å². The fraction of sp³-hybridized carbons (Fsp3) is 0.300. The summed E-state index contributed by atoms with van der Waals surface area (Å²) < 4.78 is 0.872. The maximum absolute atomic E-state index is 11.2. The van der Waals surface area contributed by atoms with Gasteiger partial charge in [0.25, 0.3) is 0 Å². The number of hydrogen-bond donors (Lipinski definition) is 1. The molecule has 0 atom stereocenters. The summed E-state index contributed by atoms with van der Waals surface area (Å²) in [5.41, 5.74) is 3.09. The van der Waals surface area contributed by atoms with Crippen LogP contribution in [0, 0.1) is 6.92 Å². The first-order chi connectivity index (χ1) is 6.69. The van der Waals surface area contributed by atoms with Crippen LogP contribution in [-0.2, 0) is 9.22 Å². The lowest BCUT2D eigenvalue weighted by atomic mass is 10.1. The van der Waals surface area contributed by atoms with E-state index < -0.39 is 0 Å². The van der Waals surface area contributed by atoms with Crippen LogP contribution < -0.4 is 5.32 Å². The Morgan fingerprint density at radius 1 is 1.57 bits per heavy atom. The summed E-state index contributed by atoms with van der Waals surface area (Å²) in [6.45, 7) is 1.97. The van der Waals surface area contributed by atoms with Crippen molar-refractivity contribution in [3.63, 3.8) is 0 Å². The standard InChI is InChI=1S/C10H11ClINO/c1-7-3-2-4-8(6-12)10(7)13-9(14)5-11/h2-4H,5-6H2,1H3,(H,13,14). The van der Waals surface area contributed by atoms with Crippen LogP contribution in [0.1, 0.15) is 11.1 Å². The van der Waals surface area contributed by atoms with Crippen LogP contribution in [0.3, 0.4) is 0 Å². The van der Waals surface area contributed by atoms with E-state index in [1.54, 1.807) is 0 Å². The zero-order chi connectivity index (χ0) is 10.6. The number of alkyl halides is 2. The zero-order valence-electron chi connectivity index (χ0n) is 7.81. The predicted octanol–water partition coefficient (Wildman–Crippen LogP) is 3.11. The summed E-state index contributed by atoms with van der Waals surface area (Å²) in [5, 5.41) is 2.80. The van der Waals surface area contributed by atoms with E-state index in [2.05, 4.69) is 27.9 Å². The number of para-hydroxylation sites is 1. The molecule has 0 fully saturated rings. The van der Waals surface area contributed by atoms with Gasteiger partial charge in [0.05, 0.1) is 0 Å². The Bertz CT molecular complexity index is 341. The molecule has 4 heteroatoms. The molecule has 0 radical (unpaired) electrons. The third-order valence-electron chi connectivity index (χ3n) is 1.89. The molecule has 2 nitrogen and oxygen atoms in total. The van der Waals surface area contributed by atoms with Gasteiger partial charge in [0.2, 0.25) is 5.91 Å². The molecule has 14 heavy (non-hydrogen) atoms. The summed E-state index contributed by atoms with van der Waals surface area (Å²) in [5.74, 6) is -0.165. The molecule has 1 N–H and O–H groups in total. The van der Waals surface area contributed by atoms with Crippen molar-refractivity contribution in [2.45, 2.75) is 11.4 Å². The highest BCUT2D eigenvalue weighted by Crippen LogP contribution is 2.22. The van der Waals surface area contributed by atoms with Crippen molar-refractivity contribution in [3.8, 4) is 0 Å². The van der Waals surface area contributed by atoms with Crippen molar-refractivity contribution in [1.82, 2.24) is 0 Å². The number of hydrogen-bond acceptors (Lipinski definition) is 1. The van der Waals surface area contributed by atoms with Gasteiger partial charge in [-0.2, -0.15) is 0 Å². The molecule has 1 aromatic rings. The third kappa shape index (κ3) is 2.85. The number of anilines is 1. The van der Waals surface area contributed by atoms with E-state index in [0.717, 1.165) is 21.2 Å². The molecule has 0 bridgehead atoms. The number of aryl methyl sites for hydroxylation is 1. The Balaban J connectivity index is 2.98. The molecule has 76 valence electrons. The average molecular weight is 324 g/mol.